The van der Waals surface area contributed by atoms with Crippen molar-refractivity contribution < 1.29 is 19.4 Å². The van der Waals surface area contributed by atoms with Crippen molar-refractivity contribution in [3.8, 4) is 0 Å². The highest BCUT2D eigenvalue weighted by atomic mass is 16.6. The van der Waals surface area contributed by atoms with E-state index in [9.17, 15) is 14.7 Å². The molecule has 1 aromatic rings. The van der Waals surface area contributed by atoms with E-state index in [0.717, 1.165) is 31.2 Å². The standard InChI is InChI=1S/C16H21NO4/c18-15(19)14(12-13-8-4-3-5-9-13)21-16(20)17-10-6-1-2-7-11-17/h3-5,8-9,14H,1-2,6-7,10-12H2,(H,18,19)/t14-/m0/s1. The lowest BCUT2D eigenvalue weighted by Crippen LogP contribution is -2.38. The largest absolute Gasteiger partial charge is 0.478 e. The van der Waals surface area contributed by atoms with Crippen molar-refractivity contribution in [3.63, 3.8) is 0 Å². The monoisotopic (exact) mass is 291 g/mol. The summed E-state index contributed by atoms with van der Waals surface area (Å²) in [6, 6.07) is 9.20. The van der Waals surface area contributed by atoms with Crippen LogP contribution in [-0.4, -0.2) is 41.3 Å². The van der Waals surface area contributed by atoms with E-state index >= 15 is 0 Å². The van der Waals surface area contributed by atoms with Crippen molar-refractivity contribution in [1.29, 1.82) is 0 Å². The Labute approximate surface area is 124 Å². The first-order valence-corrected chi connectivity index (χ1v) is 7.39. The molecule has 114 valence electrons. The molecule has 1 fully saturated rings. The number of hydrogen-bond acceptors (Lipinski definition) is 3. The minimum atomic E-state index is -1.14. The average molecular weight is 291 g/mol. The highest BCUT2D eigenvalue weighted by molar-refractivity contribution is 5.77. The van der Waals surface area contributed by atoms with E-state index in [4.69, 9.17) is 4.74 Å². The minimum absolute atomic E-state index is 0.190. The Hall–Kier alpha value is -2.04. The van der Waals surface area contributed by atoms with Gasteiger partial charge in [-0.1, -0.05) is 43.2 Å². The lowest BCUT2D eigenvalue weighted by atomic mass is 10.1. The number of carboxylic acid groups (broad SMARTS) is 1. The summed E-state index contributed by atoms with van der Waals surface area (Å²) in [6.07, 6.45) is 2.66. The summed E-state index contributed by atoms with van der Waals surface area (Å²) in [5.74, 6) is -1.11. The molecule has 1 amide bonds. The van der Waals surface area contributed by atoms with Crippen molar-refractivity contribution >= 4 is 12.1 Å². The Kier molecular flexibility index (Phi) is 5.60. The molecule has 1 aliphatic heterocycles. The number of carboxylic acids is 1. The number of amides is 1. The van der Waals surface area contributed by atoms with Crippen molar-refractivity contribution in [2.75, 3.05) is 13.1 Å². The summed E-state index contributed by atoms with van der Waals surface area (Å²) < 4.78 is 5.20. The van der Waals surface area contributed by atoms with Crippen LogP contribution in [0, 0.1) is 0 Å². The summed E-state index contributed by atoms with van der Waals surface area (Å²) in [5.41, 5.74) is 0.841. The van der Waals surface area contributed by atoms with Crippen LogP contribution in [0.4, 0.5) is 4.79 Å². The van der Waals surface area contributed by atoms with Crippen molar-refractivity contribution in [2.24, 2.45) is 0 Å². The number of likely N-dealkylation sites (tertiary alicyclic amines) is 1. The zero-order valence-electron chi connectivity index (χ0n) is 12.0. The number of nitrogens with zero attached hydrogens (tertiary/aromatic N) is 1. The first kappa shape index (κ1) is 15.4. The van der Waals surface area contributed by atoms with E-state index in [1.54, 1.807) is 4.90 Å². The Morgan fingerprint density at radius 3 is 2.29 bits per heavy atom. The minimum Gasteiger partial charge on any atom is -0.478 e. The first-order chi connectivity index (χ1) is 10.2. The molecule has 1 aromatic carbocycles. The fourth-order valence-corrected chi connectivity index (χ4v) is 2.46. The van der Waals surface area contributed by atoms with Gasteiger partial charge < -0.3 is 14.7 Å². The third kappa shape index (κ3) is 4.77. The van der Waals surface area contributed by atoms with Crippen LogP contribution in [0.3, 0.4) is 0 Å². The van der Waals surface area contributed by atoms with E-state index < -0.39 is 18.2 Å². The highest BCUT2D eigenvalue weighted by Gasteiger charge is 2.26. The van der Waals surface area contributed by atoms with Crippen LogP contribution in [0.1, 0.15) is 31.2 Å². The van der Waals surface area contributed by atoms with E-state index in [1.807, 2.05) is 30.3 Å². The molecule has 1 saturated heterocycles. The van der Waals surface area contributed by atoms with Crippen molar-refractivity contribution in [3.05, 3.63) is 35.9 Å². The van der Waals surface area contributed by atoms with Gasteiger partial charge in [0.2, 0.25) is 6.10 Å². The number of carbonyl (C=O) groups is 2. The molecule has 0 spiro atoms. The maximum atomic E-state index is 12.1. The van der Waals surface area contributed by atoms with Gasteiger partial charge in [-0.3, -0.25) is 0 Å². The van der Waals surface area contributed by atoms with Gasteiger partial charge in [-0.2, -0.15) is 0 Å². The molecule has 1 aliphatic rings. The molecule has 0 radical (unpaired) electrons. The van der Waals surface area contributed by atoms with Gasteiger partial charge in [-0.25, -0.2) is 9.59 Å². The smallest absolute Gasteiger partial charge is 0.410 e. The van der Waals surface area contributed by atoms with Gasteiger partial charge in [0.1, 0.15) is 0 Å². The van der Waals surface area contributed by atoms with Gasteiger partial charge in [-0.15, -0.1) is 0 Å². The van der Waals surface area contributed by atoms with Crippen molar-refractivity contribution in [1.82, 2.24) is 4.90 Å². The quantitative estimate of drug-likeness (QED) is 0.926. The SMILES string of the molecule is O=C(O)[C@H](Cc1ccccc1)OC(=O)N1CCCCCC1. The van der Waals surface area contributed by atoms with Crippen LogP contribution in [-0.2, 0) is 16.0 Å². The third-order valence-electron chi connectivity index (χ3n) is 3.65. The molecular formula is C16H21NO4. The summed E-state index contributed by atoms with van der Waals surface area (Å²) in [6.45, 7) is 1.30. The normalized spacial score (nSPS) is 16.9. The van der Waals surface area contributed by atoms with Gasteiger partial charge >= 0.3 is 12.1 Å². The molecule has 1 heterocycles. The maximum Gasteiger partial charge on any atom is 0.410 e. The number of hydrogen-bond donors (Lipinski definition) is 1. The van der Waals surface area contributed by atoms with Crippen LogP contribution in [0.25, 0.3) is 0 Å². The topological polar surface area (TPSA) is 66.8 Å². The summed E-state index contributed by atoms with van der Waals surface area (Å²) in [4.78, 5) is 25.0. The van der Waals surface area contributed by atoms with Gasteiger partial charge in [0.15, 0.2) is 0 Å². The van der Waals surface area contributed by atoms with Crippen LogP contribution < -0.4 is 0 Å². The van der Waals surface area contributed by atoms with Crippen LogP contribution >= 0.6 is 0 Å². The molecular weight excluding hydrogens is 270 g/mol. The molecule has 21 heavy (non-hydrogen) atoms. The van der Waals surface area contributed by atoms with Crippen LogP contribution in [0.5, 0.6) is 0 Å². The molecule has 1 N–H and O–H groups in total. The Morgan fingerprint density at radius 2 is 1.71 bits per heavy atom. The summed E-state index contributed by atoms with van der Waals surface area (Å²) in [5, 5.41) is 9.24. The Morgan fingerprint density at radius 1 is 1.10 bits per heavy atom. The molecule has 0 saturated carbocycles. The lowest BCUT2D eigenvalue weighted by Gasteiger charge is -2.22. The molecule has 0 unspecified atom stereocenters. The zero-order chi connectivity index (χ0) is 15.1. The number of carbonyl (C=O) groups excluding carboxylic acids is 1. The second-order valence-electron chi connectivity index (χ2n) is 5.30. The molecule has 5 nitrogen and oxygen atoms in total. The second kappa shape index (κ2) is 7.67. The highest BCUT2D eigenvalue weighted by Crippen LogP contribution is 2.13. The van der Waals surface area contributed by atoms with E-state index in [-0.39, 0.29) is 6.42 Å². The molecule has 0 aliphatic carbocycles. The predicted molar refractivity (Wildman–Crippen MR) is 78.1 cm³/mol. The van der Waals surface area contributed by atoms with Gasteiger partial charge in [0.25, 0.3) is 0 Å². The zero-order valence-corrected chi connectivity index (χ0v) is 12.0. The fraction of sp³-hybridized carbons (Fsp3) is 0.500. The Bertz CT molecular complexity index is 466. The molecule has 1 atom stereocenters. The third-order valence-corrected chi connectivity index (χ3v) is 3.65. The Balaban J connectivity index is 1.95. The molecule has 2 rings (SSSR count). The van der Waals surface area contributed by atoms with Crippen LogP contribution in [0.2, 0.25) is 0 Å². The van der Waals surface area contributed by atoms with E-state index in [1.165, 1.54) is 0 Å². The summed E-state index contributed by atoms with van der Waals surface area (Å²) in [7, 11) is 0. The molecule has 0 bridgehead atoms. The van der Waals surface area contributed by atoms with Gasteiger partial charge in [0.05, 0.1) is 0 Å². The van der Waals surface area contributed by atoms with Crippen molar-refractivity contribution in [2.45, 2.75) is 38.2 Å². The average Bonchev–Trinajstić information content (AvgIpc) is 2.76. The number of ether oxygens (including phenoxy) is 1. The first-order valence-electron chi connectivity index (χ1n) is 7.39. The summed E-state index contributed by atoms with van der Waals surface area (Å²) >= 11 is 0. The number of benzene rings is 1. The number of rotatable bonds is 4. The molecule has 0 aromatic heterocycles. The van der Waals surface area contributed by atoms with Gasteiger partial charge in [-0.05, 0) is 18.4 Å². The molecule has 5 heteroatoms. The fourth-order valence-electron chi connectivity index (χ4n) is 2.46. The lowest BCUT2D eigenvalue weighted by molar-refractivity contribution is -0.147. The second-order valence-corrected chi connectivity index (χ2v) is 5.30. The predicted octanol–water partition coefficient (Wildman–Crippen LogP) is 2.69. The van der Waals surface area contributed by atoms with E-state index in [2.05, 4.69) is 0 Å². The van der Waals surface area contributed by atoms with Crippen LogP contribution in [0.15, 0.2) is 30.3 Å². The van der Waals surface area contributed by atoms with Gasteiger partial charge in [0, 0.05) is 19.5 Å². The number of aliphatic carboxylic acids is 1. The maximum absolute atomic E-state index is 12.1. The van der Waals surface area contributed by atoms with E-state index in [0.29, 0.717) is 13.1 Å².